The maximum absolute atomic E-state index is 7.46. The third kappa shape index (κ3) is 11.7. The highest BCUT2D eigenvalue weighted by Crippen LogP contribution is 2.46. The summed E-state index contributed by atoms with van der Waals surface area (Å²) in [5, 5.41) is 0.228. The van der Waals surface area contributed by atoms with E-state index in [0.29, 0.717) is 24.4 Å². The van der Waals surface area contributed by atoms with E-state index in [2.05, 4.69) is 132 Å². The summed E-state index contributed by atoms with van der Waals surface area (Å²) in [6.07, 6.45) is 2.63. The maximum Gasteiger partial charge on any atom is 0.192 e. The fourth-order valence-electron chi connectivity index (χ4n) is 6.78. The number of ether oxygens (including phenoxy) is 1. The molecule has 1 aromatic carbocycles. The molecule has 1 aromatic rings. The molecule has 0 amide bonds. The number of benzene rings is 1. The van der Waals surface area contributed by atoms with Gasteiger partial charge in [0.1, 0.15) is 0 Å². The van der Waals surface area contributed by atoms with E-state index in [0.717, 1.165) is 26.3 Å². The summed E-state index contributed by atoms with van der Waals surface area (Å²) < 4.78 is 20.7. The Bertz CT molecular complexity index is 925. The van der Waals surface area contributed by atoms with Gasteiger partial charge in [-0.1, -0.05) is 106 Å². The fourth-order valence-corrected chi connectivity index (χ4v) is 10.8. The first-order chi connectivity index (χ1) is 19.8. The van der Waals surface area contributed by atoms with E-state index in [4.69, 9.17) is 13.6 Å². The Morgan fingerprint density at radius 2 is 1.47 bits per heavy atom. The second-order valence-electron chi connectivity index (χ2n) is 17.3. The minimum atomic E-state index is -1.80. The van der Waals surface area contributed by atoms with Gasteiger partial charge >= 0.3 is 0 Å². The van der Waals surface area contributed by atoms with Gasteiger partial charge in [0.15, 0.2) is 16.6 Å². The highest BCUT2D eigenvalue weighted by atomic mass is 28.4. The third-order valence-corrected chi connectivity index (χ3v) is 20.2. The second kappa shape index (κ2) is 15.9. The fraction of sp³-hybridized carbons (Fsp3) is 0.838. The highest BCUT2D eigenvalue weighted by Gasteiger charge is 2.46. The van der Waals surface area contributed by atoms with Crippen molar-refractivity contribution in [2.24, 2.45) is 28.6 Å². The number of nitrogens with zero attached hydrogens (tertiary/aromatic N) is 1. The van der Waals surface area contributed by atoms with Crippen molar-refractivity contribution in [3.63, 3.8) is 0 Å². The zero-order valence-electron chi connectivity index (χ0n) is 30.9. The average molecular weight is 634 g/mol. The second-order valence-corrected chi connectivity index (χ2v) is 26.8. The van der Waals surface area contributed by atoms with E-state index in [1.54, 1.807) is 0 Å². The van der Waals surface area contributed by atoms with Crippen molar-refractivity contribution in [2.45, 2.75) is 138 Å². The molecule has 0 radical (unpaired) electrons. The Morgan fingerprint density at radius 3 is 1.98 bits per heavy atom. The number of hydrogen-bond acceptors (Lipinski definition) is 4. The van der Waals surface area contributed by atoms with Crippen LogP contribution in [0.5, 0.6) is 0 Å². The molecule has 0 bridgehead atoms. The molecule has 1 saturated carbocycles. The molecule has 250 valence electrons. The molecule has 2 rings (SSSR count). The standard InChI is InChI=1S/C37H71NO3Si2/c1-15-43(16-2,17-3)41-34-31(23-37(10,11)24-32(34)28-39-27-30-21-19-18-20-22-30)25-38(12)26-33(35(4,5)6)29-40-42(13,14)36(7,8)9/h18-22,31-34H,15-17,23-29H2,1-14H3/t31-,32+,33+,34+/m0/s1. The summed E-state index contributed by atoms with van der Waals surface area (Å²) in [6.45, 7) is 35.4. The lowest BCUT2D eigenvalue weighted by atomic mass is 9.66. The van der Waals surface area contributed by atoms with Crippen molar-refractivity contribution in [2.75, 3.05) is 33.4 Å². The van der Waals surface area contributed by atoms with Gasteiger partial charge in [0.05, 0.1) is 19.3 Å². The Hall–Kier alpha value is -0.506. The lowest BCUT2D eigenvalue weighted by Gasteiger charge is -2.50. The molecule has 0 heterocycles. The molecule has 43 heavy (non-hydrogen) atoms. The van der Waals surface area contributed by atoms with Gasteiger partial charge in [-0.2, -0.15) is 0 Å². The zero-order valence-corrected chi connectivity index (χ0v) is 32.9. The van der Waals surface area contributed by atoms with Gasteiger partial charge < -0.3 is 18.5 Å². The molecule has 0 aliphatic heterocycles. The van der Waals surface area contributed by atoms with E-state index >= 15 is 0 Å². The Balaban J connectivity index is 2.27. The van der Waals surface area contributed by atoms with E-state index < -0.39 is 16.6 Å². The molecular formula is C37H71NO3Si2. The van der Waals surface area contributed by atoms with Crippen molar-refractivity contribution < 1.29 is 13.6 Å². The average Bonchev–Trinajstić information content (AvgIpc) is 2.90. The molecule has 1 fully saturated rings. The molecular weight excluding hydrogens is 563 g/mol. The van der Waals surface area contributed by atoms with Gasteiger partial charge in [-0.15, -0.1) is 0 Å². The summed E-state index contributed by atoms with van der Waals surface area (Å²) in [4.78, 5) is 2.61. The summed E-state index contributed by atoms with van der Waals surface area (Å²) in [5.41, 5.74) is 1.70. The van der Waals surface area contributed by atoms with Crippen LogP contribution in [0, 0.1) is 28.6 Å². The smallest absolute Gasteiger partial charge is 0.192 e. The van der Waals surface area contributed by atoms with Crippen molar-refractivity contribution in [1.82, 2.24) is 4.90 Å². The molecule has 0 aromatic heterocycles. The topological polar surface area (TPSA) is 30.9 Å². The third-order valence-electron chi connectivity index (χ3n) is 11.1. The molecule has 6 heteroatoms. The SMILES string of the molecule is CC[Si](CC)(CC)O[C@@H]1[C@H](CN(C)C[C@H](CO[Si](C)(C)C(C)(C)C)C(C)(C)C)CC(C)(C)C[C@@H]1COCc1ccccc1. The van der Waals surface area contributed by atoms with Crippen molar-refractivity contribution >= 4 is 16.6 Å². The van der Waals surface area contributed by atoms with Crippen LogP contribution in [0.1, 0.15) is 94.6 Å². The van der Waals surface area contributed by atoms with Gasteiger partial charge in [0, 0.05) is 25.6 Å². The quantitative estimate of drug-likeness (QED) is 0.170. The lowest BCUT2D eigenvalue weighted by molar-refractivity contribution is -0.0656. The van der Waals surface area contributed by atoms with E-state index in [1.807, 2.05) is 0 Å². The maximum atomic E-state index is 7.46. The van der Waals surface area contributed by atoms with E-state index in [9.17, 15) is 0 Å². The zero-order chi connectivity index (χ0) is 32.7. The van der Waals surface area contributed by atoms with Crippen LogP contribution in [0.15, 0.2) is 30.3 Å². The molecule has 0 unspecified atom stereocenters. The Labute approximate surface area is 270 Å². The minimum Gasteiger partial charge on any atom is -0.416 e. The van der Waals surface area contributed by atoms with Crippen LogP contribution in [0.3, 0.4) is 0 Å². The molecule has 0 saturated heterocycles. The molecule has 0 N–H and O–H groups in total. The van der Waals surface area contributed by atoms with E-state index in [-0.39, 0.29) is 22.0 Å². The van der Waals surface area contributed by atoms with Crippen LogP contribution in [0.25, 0.3) is 0 Å². The summed E-state index contributed by atoms with van der Waals surface area (Å²) in [5.74, 6) is 1.39. The van der Waals surface area contributed by atoms with Crippen LogP contribution in [0.4, 0.5) is 0 Å². The van der Waals surface area contributed by atoms with Crippen molar-refractivity contribution in [1.29, 1.82) is 0 Å². The highest BCUT2D eigenvalue weighted by molar-refractivity contribution is 6.74. The first-order valence-corrected chi connectivity index (χ1v) is 22.8. The Morgan fingerprint density at radius 1 is 0.907 bits per heavy atom. The predicted octanol–water partition coefficient (Wildman–Crippen LogP) is 10.3. The first-order valence-electron chi connectivity index (χ1n) is 17.4. The largest absolute Gasteiger partial charge is 0.416 e. The number of rotatable bonds is 16. The van der Waals surface area contributed by atoms with Crippen LogP contribution >= 0.6 is 0 Å². The predicted molar refractivity (Wildman–Crippen MR) is 192 cm³/mol. The van der Waals surface area contributed by atoms with Crippen molar-refractivity contribution in [3.05, 3.63) is 35.9 Å². The summed E-state index contributed by atoms with van der Waals surface area (Å²) in [6, 6.07) is 14.2. The van der Waals surface area contributed by atoms with Crippen LogP contribution in [-0.4, -0.2) is 61.0 Å². The van der Waals surface area contributed by atoms with Crippen LogP contribution in [-0.2, 0) is 20.2 Å². The molecule has 1 aliphatic rings. The lowest BCUT2D eigenvalue weighted by Crippen LogP contribution is -2.53. The van der Waals surface area contributed by atoms with Crippen molar-refractivity contribution in [3.8, 4) is 0 Å². The minimum absolute atomic E-state index is 0.181. The van der Waals surface area contributed by atoms with Gasteiger partial charge in [-0.05, 0) is 84.4 Å². The van der Waals surface area contributed by atoms with Crippen LogP contribution < -0.4 is 0 Å². The molecule has 0 spiro atoms. The monoisotopic (exact) mass is 633 g/mol. The Kier molecular flexibility index (Phi) is 14.3. The van der Waals surface area contributed by atoms with Gasteiger partial charge in [-0.3, -0.25) is 0 Å². The van der Waals surface area contributed by atoms with E-state index in [1.165, 1.54) is 36.5 Å². The number of hydrogen-bond donors (Lipinski definition) is 0. The first kappa shape index (κ1) is 38.7. The molecule has 4 atom stereocenters. The molecule has 4 nitrogen and oxygen atoms in total. The van der Waals surface area contributed by atoms with Crippen LogP contribution in [0.2, 0.25) is 36.3 Å². The summed E-state index contributed by atoms with van der Waals surface area (Å²) in [7, 11) is -1.25. The van der Waals surface area contributed by atoms with Gasteiger partial charge in [-0.25, -0.2) is 0 Å². The normalized spacial score (nSPS) is 22.6. The van der Waals surface area contributed by atoms with Gasteiger partial charge in [0.2, 0.25) is 0 Å². The summed E-state index contributed by atoms with van der Waals surface area (Å²) >= 11 is 0. The van der Waals surface area contributed by atoms with Gasteiger partial charge in [0.25, 0.3) is 0 Å². The molecule has 1 aliphatic carbocycles.